The third-order valence-corrected chi connectivity index (χ3v) is 8.23. The fourth-order valence-electron chi connectivity index (χ4n) is 5.92. The first-order chi connectivity index (χ1) is 20.1. The van der Waals surface area contributed by atoms with Crippen LogP contribution in [-0.2, 0) is 6.54 Å². The Kier molecular flexibility index (Phi) is 10.1. The van der Waals surface area contributed by atoms with E-state index in [-0.39, 0.29) is 5.91 Å². The number of nitrogens with zero attached hydrogens (tertiary/aromatic N) is 3. The maximum Gasteiger partial charge on any atom is 0.426 e. The summed E-state index contributed by atoms with van der Waals surface area (Å²) in [5, 5.41) is 0. The molecule has 1 aliphatic heterocycles. The molecule has 0 atom stereocenters. The first-order valence-electron chi connectivity index (χ1n) is 15.4. The number of rotatable bonds is 13. The number of anilines is 1. The number of hydrogen-bond acceptors (Lipinski definition) is 5. The Morgan fingerprint density at radius 3 is 2.20 bits per heavy atom. The molecule has 41 heavy (non-hydrogen) atoms. The van der Waals surface area contributed by atoms with Gasteiger partial charge < -0.3 is 9.32 Å². The van der Waals surface area contributed by atoms with Gasteiger partial charge in [-0.2, -0.15) is 0 Å². The molecule has 0 spiro atoms. The number of hydrogen-bond donors (Lipinski definition) is 0. The molecule has 5 rings (SSSR count). The monoisotopic (exact) mass is 553 g/mol. The van der Waals surface area contributed by atoms with E-state index in [1.54, 1.807) is 0 Å². The molecule has 216 valence electrons. The van der Waals surface area contributed by atoms with Crippen LogP contribution < -0.4 is 10.7 Å². The first-order valence-corrected chi connectivity index (χ1v) is 15.4. The van der Waals surface area contributed by atoms with Crippen LogP contribution in [0.15, 0.2) is 82.0 Å². The lowest BCUT2D eigenvalue weighted by atomic mass is 10.0. The SMILES string of the molecule is CCCCCCCCCCC(=O)n1c(=O)oc2c(N3CCN(Cc4cccc(-c5ccccc5)c4)CC3)cccc21. The Balaban J connectivity index is 1.17. The van der Waals surface area contributed by atoms with E-state index in [2.05, 4.69) is 65.3 Å². The van der Waals surface area contributed by atoms with Crippen LogP contribution in [0, 0.1) is 0 Å². The van der Waals surface area contributed by atoms with Crippen LogP contribution in [0.25, 0.3) is 22.2 Å². The molecule has 1 saturated heterocycles. The number of oxazole rings is 1. The van der Waals surface area contributed by atoms with Crippen LogP contribution in [0.5, 0.6) is 0 Å². The second-order valence-corrected chi connectivity index (χ2v) is 11.3. The van der Waals surface area contributed by atoms with Crippen molar-refractivity contribution in [1.29, 1.82) is 0 Å². The van der Waals surface area contributed by atoms with Gasteiger partial charge in [-0.1, -0.05) is 106 Å². The summed E-state index contributed by atoms with van der Waals surface area (Å²) < 4.78 is 6.94. The summed E-state index contributed by atoms with van der Waals surface area (Å²) in [6, 6.07) is 25.0. The molecule has 0 radical (unpaired) electrons. The summed E-state index contributed by atoms with van der Waals surface area (Å²) in [5.41, 5.74) is 5.77. The van der Waals surface area contributed by atoms with Gasteiger partial charge in [0.1, 0.15) is 5.52 Å². The van der Waals surface area contributed by atoms with E-state index < -0.39 is 5.76 Å². The highest BCUT2D eigenvalue weighted by atomic mass is 16.4. The standard InChI is InChI=1S/C35H43N3O3/c1-2-3-4-5-6-7-8-12-21-33(39)38-32-20-14-19-31(34(32)41-35(38)40)37-24-22-36(23-25-37)27-28-15-13-18-30(26-28)29-16-10-9-11-17-29/h9-11,13-20,26H,2-8,12,21-25,27H2,1H3. The Bertz CT molecular complexity index is 1470. The van der Waals surface area contributed by atoms with Gasteiger partial charge in [-0.15, -0.1) is 0 Å². The number of para-hydroxylation sites is 1. The number of carbonyl (C=O) groups is 1. The predicted molar refractivity (Wildman–Crippen MR) is 168 cm³/mol. The van der Waals surface area contributed by atoms with Crippen LogP contribution in [-0.4, -0.2) is 41.6 Å². The number of carbonyl (C=O) groups excluding carboxylic acids is 1. The van der Waals surface area contributed by atoms with Crippen LogP contribution in [0.3, 0.4) is 0 Å². The molecule has 1 aromatic heterocycles. The van der Waals surface area contributed by atoms with Crippen molar-refractivity contribution in [1.82, 2.24) is 9.47 Å². The third kappa shape index (κ3) is 7.36. The molecule has 0 aliphatic carbocycles. The lowest BCUT2D eigenvalue weighted by molar-refractivity contribution is 0.0895. The van der Waals surface area contributed by atoms with Crippen LogP contribution >= 0.6 is 0 Å². The topological polar surface area (TPSA) is 58.7 Å². The lowest BCUT2D eigenvalue weighted by Gasteiger charge is -2.36. The van der Waals surface area contributed by atoms with Crippen molar-refractivity contribution in [2.75, 3.05) is 31.1 Å². The Hall–Kier alpha value is -3.64. The molecule has 0 bridgehead atoms. The average molecular weight is 554 g/mol. The number of piperazine rings is 1. The highest BCUT2D eigenvalue weighted by Gasteiger charge is 2.23. The summed E-state index contributed by atoms with van der Waals surface area (Å²) in [7, 11) is 0. The third-order valence-electron chi connectivity index (χ3n) is 8.23. The van der Waals surface area contributed by atoms with Gasteiger partial charge in [0.15, 0.2) is 5.58 Å². The summed E-state index contributed by atoms with van der Waals surface area (Å²) in [5.74, 6) is -0.742. The van der Waals surface area contributed by atoms with E-state index in [1.165, 1.54) is 53.4 Å². The van der Waals surface area contributed by atoms with E-state index in [4.69, 9.17) is 4.42 Å². The van der Waals surface area contributed by atoms with E-state index in [0.29, 0.717) is 17.5 Å². The quantitative estimate of drug-likeness (QED) is 0.158. The fourth-order valence-corrected chi connectivity index (χ4v) is 5.92. The van der Waals surface area contributed by atoms with Gasteiger partial charge in [-0.25, -0.2) is 9.36 Å². The van der Waals surface area contributed by atoms with Crippen molar-refractivity contribution >= 4 is 22.7 Å². The molecule has 0 amide bonds. The van der Waals surface area contributed by atoms with Gasteiger partial charge in [-0.3, -0.25) is 9.69 Å². The minimum atomic E-state index is -0.575. The summed E-state index contributed by atoms with van der Waals surface area (Å²) in [6.07, 6.45) is 9.69. The smallest absolute Gasteiger partial charge is 0.405 e. The zero-order valence-electron chi connectivity index (χ0n) is 24.4. The molecular weight excluding hydrogens is 510 g/mol. The van der Waals surface area contributed by atoms with Gasteiger partial charge in [0.05, 0.1) is 5.69 Å². The molecule has 0 N–H and O–H groups in total. The molecule has 2 heterocycles. The summed E-state index contributed by atoms with van der Waals surface area (Å²) >= 11 is 0. The average Bonchev–Trinajstić information content (AvgIpc) is 3.35. The largest absolute Gasteiger partial charge is 0.426 e. The Labute approximate surface area is 243 Å². The molecule has 6 heteroatoms. The minimum absolute atomic E-state index is 0.167. The van der Waals surface area contributed by atoms with E-state index in [9.17, 15) is 9.59 Å². The molecule has 6 nitrogen and oxygen atoms in total. The molecule has 1 aliphatic rings. The zero-order valence-corrected chi connectivity index (χ0v) is 24.4. The van der Waals surface area contributed by atoms with Crippen LogP contribution in [0.4, 0.5) is 5.69 Å². The van der Waals surface area contributed by atoms with Crippen molar-refractivity contribution in [2.24, 2.45) is 0 Å². The van der Waals surface area contributed by atoms with Crippen molar-refractivity contribution < 1.29 is 9.21 Å². The lowest BCUT2D eigenvalue weighted by Crippen LogP contribution is -2.46. The second-order valence-electron chi connectivity index (χ2n) is 11.3. The first kappa shape index (κ1) is 28.9. The molecule has 1 fully saturated rings. The second kappa shape index (κ2) is 14.3. The molecule has 3 aromatic carbocycles. The molecule has 4 aromatic rings. The predicted octanol–water partition coefficient (Wildman–Crippen LogP) is 7.75. The number of benzene rings is 3. The van der Waals surface area contributed by atoms with Gasteiger partial charge in [0.2, 0.25) is 5.91 Å². The van der Waals surface area contributed by atoms with Crippen LogP contribution in [0.1, 0.15) is 75.1 Å². The van der Waals surface area contributed by atoms with Crippen LogP contribution in [0.2, 0.25) is 0 Å². The highest BCUT2D eigenvalue weighted by molar-refractivity contribution is 5.94. The maximum atomic E-state index is 13.0. The van der Waals surface area contributed by atoms with Crippen molar-refractivity contribution in [3.05, 3.63) is 88.9 Å². The van der Waals surface area contributed by atoms with E-state index in [1.807, 2.05) is 24.3 Å². The molecule has 0 saturated carbocycles. The fraction of sp³-hybridized carbons (Fsp3) is 0.429. The van der Waals surface area contributed by atoms with E-state index in [0.717, 1.165) is 57.7 Å². The highest BCUT2D eigenvalue weighted by Crippen LogP contribution is 2.28. The molecular formula is C35H43N3O3. The Morgan fingerprint density at radius 1 is 0.756 bits per heavy atom. The van der Waals surface area contributed by atoms with Gasteiger partial charge in [0.25, 0.3) is 0 Å². The van der Waals surface area contributed by atoms with Gasteiger partial charge in [-0.05, 0) is 41.3 Å². The number of aromatic nitrogens is 1. The normalized spacial score (nSPS) is 14.1. The molecule has 0 unspecified atom stereocenters. The number of unbranched alkanes of at least 4 members (excludes halogenated alkanes) is 7. The van der Waals surface area contributed by atoms with Gasteiger partial charge >= 0.3 is 5.76 Å². The Morgan fingerprint density at radius 2 is 1.44 bits per heavy atom. The zero-order chi connectivity index (χ0) is 28.4. The van der Waals surface area contributed by atoms with E-state index >= 15 is 0 Å². The van der Waals surface area contributed by atoms with Crippen molar-refractivity contribution in [2.45, 2.75) is 71.3 Å². The maximum absolute atomic E-state index is 13.0. The van der Waals surface area contributed by atoms with Gasteiger partial charge in [0, 0.05) is 39.1 Å². The minimum Gasteiger partial charge on any atom is -0.405 e. The summed E-state index contributed by atoms with van der Waals surface area (Å²) in [4.78, 5) is 30.5. The number of fused-ring (bicyclic) bond motifs is 1. The van der Waals surface area contributed by atoms with Crippen molar-refractivity contribution in [3.63, 3.8) is 0 Å². The summed E-state index contributed by atoms with van der Waals surface area (Å²) in [6.45, 7) is 6.61. The van der Waals surface area contributed by atoms with Crippen molar-refractivity contribution in [3.8, 4) is 11.1 Å².